The molecule has 5 amide bonds. The average molecular weight is 1150 g/mol. The number of amides is 5. The number of Topliss-reactive ketones (excluding diaryl/α,β-unsaturated/α-hetero) is 2. The van der Waals surface area contributed by atoms with Gasteiger partial charge in [0, 0.05) is 74.1 Å². The Kier molecular flexibility index (Phi) is 47.6. The number of carboxylic acids is 2. The summed E-state index contributed by atoms with van der Waals surface area (Å²) in [7, 11) is -1.20. The van der Waals surface area contributed by atoms with Gasteiger partial charge in [0.1, 0.15) is 36.9 Å². The van der Waals surface area contributed by atoms with E-state index in [1.54, 1.807) is 0 Å². The summed E-state index contributed by atoms with van der Waals surface area (Å²) in [6, 6.07) is -3.25. The van der Waals surface area contributed by atoms with E-state index in [4.69, 9.17) is 29.8 Å². The fourth-order valence-electron chi connectivity index (χ4n) is 8.12. The summed E-state index contributed by atoms with van der Waals surface area (Å²) in [6.45, 7) is 4.64. The van der Waals surface area contributed by atoms with E-state index in [9.17, 15) is 57.6 Å². The maximum absolute atomic E-state index is 13.0. The van der Waals surface area contributed by atoms with E-state index < -0.39 is 58.8 Å². The van der Waals surface area contributed by atoms with Crippen LogP contribution in [-0.4, -0.2) is 181 Å². The Morgan fingerprint density at radius 1 is 0.570 bits per heavy atom. The van der Waals surface area contributed by atoms with Gasteiger partial charge in [0.05, 0.1) is 51.7 Å². The van der Waals surface area contributed by atoms with E-state index in [2.05, 4.69) is 32.1 Å². The van der Waals surface area contributed by atoms with Gasteiger partial charge in [-0.1, -0.05) is 90.4 Å². The molecular weight excluding hydrogens is 1050 g/mol. The molecule has 0 saturated carbocycles. The molecule has 458 valence electrons. The largest absolute Gasteiger partial charge is 0.481 e. The molecule has 6 atom stereocenters. The van der Waals surface area contributed by atoms with Gasteiger partial charge in [0.25, 0.3) is 5.91 Å². The number of carbonyl (C=O) groups excluding carboxylic acids is 7. The van der Waals surface area contributed by atoms with Crippen molar-refractivity contribution in [2.45, 2.75) is 199 Å². The Balaban J connectivity index is 3.91. The van der Waals surface area contributed by atoms with Crippen molar-refractivity contribution in [1.29, 1.82) is 0 Å². The second kappa shape index (κ2) is 50.5. The van der Waals surface area contributed by atoms with Crippen LogP contribution < -0.4 is 37.9 Å². The number of carbonyl (C=O) groups is 9. The molecule has 0 heterocycles. The molecule has 24 nitrogen and oxygen atoms in total. The van der Waals surface area contributed by atoms with Crippen molar-refractivity contribution in [1.82, 2.24) is 32.1 Å². The van der Waals surface area contributed by atoms with Crippen molar-refractivity contribution in [2.24, 2.45) is 11.7 Å². The van der Waals surface area contributed by atoms with Crippen LogP contribution in [0.15, 0.2) is 0 Å². The molecule has 0 spiro atoms. The van der Waals surface area contributed by atoms with E-state index in [-0.39, 0.29) is 145 Å². The van der Waals surface area contributed by atoms with Crippen LogP contribution in [0.3, 0.4) is 0 Å². The molecule has 0 aromatic carbocycles. The van der Waals surface area contributed by atoms with E-state index in [0.717, 1.165) is 44.9 Å². The van der Waals surface area contributed by atoms with Crippen LogP contribution in [0.1, 0.15) is 174 Å². The van der Waals surface area contributed by atoms with Crippen LogP contribution in [-0.2, 0) is 72.9 Å². The average Bonchev–Trinajstić information content (AvgIpc) is 3.39. The van der Waals surface area contributed by atoms with Crippen molar-refractivity contribution in [3.8, 4) is 0 Å². The molecule has 0 aromatic heterocycles. The molecule has 0 radical (unpaired) electrons. The lowest BCUT2D eigenvalue weighted by atomic mass is 9.94. The molecule has 0 fully saturated rings. The van der Waals surface area contributed by atoms with Gasteiger partial charge >= 0.3 is 11.9 Å². The lowest BCUT2D eigenvalue weighted by Gasteiger charge is -2.23. The maximum Gasteiger partial charge on any atom is 0.326 e. The Labute approximate surface area is 470 Å². The molecule has 11 N–H and O–H groups in total. The zero-order chi connectivity index (χ0) is 58.9. The fraction of sp³-hybridized carbons (Fsp3) is 0.833. The Morgan fingerprint density at radius 2 is 1.10 bits per heavy atom. The number of primary amides is 1. The number of ether oxygens (including phenoxy) is 4. The van der Waals surface area contributed by atoms with Gasteiger partial charge < -0.3 is 56.0 Å². The van der Waals surface area contributed by atoms with Gasteiger partial charge in [-0.05, 0) is 58.3 Å². The minimum absolute atomic E-state index is 0.0166. The SMILES string of the molecule is CC[C@@H](CCCCNC(=O)COCCOCCNC(=O)COCCOCCCC(=O)CC[C@H](NC(=O)CCCCCCCCCCCCCCCCC(=O)O)C(=O)O)C(=O)CN[C@@H](CCS(C)=O)C(=O)NN[C@H](C(N)=O)[C@@H](C)O. The standard InChI is InChI=1S/C54H99N7O17S/c1-4-42(46(64)38-58-44(28-37-79(3)74)53(71)61-60-51(41(2)62)52(55)70)22-19-20-29-56-48(66)39-78-36-34-76-32-30-57-49(67)40-77-35-33-75-31-21-23-43(63)26-27-45(54(72)73)59-47(65)24-17-15-13-11-9-7-5-6-8-10-12-14-16-18-25-50(68)69/h41-42,44-45,51,58,60,62H,4-40H2,1-3H3,(H2,55,70)(H,56,66)(H,57,67)(H,59,65)(H,61,71)(H,68,69)(H,72,73)/t41-,42+,44+,45+,51+,79?/m1/s1. The first-order valence-corrected chi connectivity index (χ1v) is 30.3. The molecular formula is C54H99N7O17S. The van der Waals surface area contributed by atoms with Crippen molar-refractivity contribution < 1.29 is 81.6 Å². The number of ketones is 2. The zero-order valence-corrected chi connectivity index (χ0v) is 48.4. The quantitative estimate of drug-likeness (QED) is 0.0309. The maximum atomic E-state index is 13.0. The highest BCUT2D eigenvalue weighted by molar-refractivity contribution is 7.84. The summed E-state index contributed by atoms with van der Waals surface area (Å²) in [5.41, 5.74) is 9.99. The molecule has 0 aromatic rings. The number of hydrogen-bond donors (Lipinski definition) is 10. The molecule has 0 bridgehead atoms. The summed E-state index contributed by atoms with van der Waals surface area (Å²) in [6.07, 6.45) is 19.1. The number of hydrazine groups is 1. The van der Waals surface area contributed by atoms with Gasteiger partial charge in [-0.25, -0.2) is 10.2 Å². The second-order valence-electron chi connectivity index (χ2n) is 19.8. The number of unbranched alkanes of at least 4 members (excludes halogenated alkanes) is 14. The molecule has 1 unspecified atom stereocenters. The third-order valence-corrected chi connectivity index (χ3v) is 13.6. The molecule has 0 aliphatic rings. The number of rotatable bonds is 57. The normalized spacial score (nSPS) is 13.6. The molecule has 25 heteroatoms. The zero-order valence-electron chi connectivity index (χ0n) is 47.6. The summed E-state index contributed by atoms with van der Waals surface area (Å²) in [5.74, 6) is -4.65. The lowest BCUT2D eigenvalue weighted by molar-refractivity contribution is -0.142. The number of aliphatic carboxylic acids is 2. The third kappa shape index (κ3) is 45.9. The second-order valence-corrected chi connectivity index (χ2v) is 21.4. The summed E-state index contributed by atoms with van der Waals surface area (Å²) >= 11 is 0. The number of aliphatic hydroxyl groups is 1. The first-order chi connectivity index (χ1) is 37.9. The highest BCUT2D eigenvalue weighted by atomic mass is 32.2. The predicted molar refractivity (Wildman–Crippen MR) is 298 cm³/mol. The smallest absolute Gasteiger partial charge is 0.326 e. The number of nitrogens with one attached hydrogen (secondary N) is 6. The van der Waals surface area contributed by atoms with Crippen LogP contribution in [0.25, 0.3) is 0 Å². The molecule has 79 heavy (non-hydrogen) atoms. The van der Waals surface area contributed by atoms with Gasteiger partial charge in [-0.15, -0.1) is 0 Å². The van der Waals surface area contributed by atoms with Gasteiger partial charge in [0.15, 0.2) is 0 Å². The van der Waals surface area contributed by atoms with Crippen LogP contribution >= 0.6 is 0 Å². The van der Waals surface area contributed by atoms with Crippen molar-refractivity contribution in [3.63, 3.8) is 0 Å². The fourth-order valence-corrected chi connectivity index (χ4v) is 8.69. The molecule has 0 aliphatic heterocycles. The van der Waals surface area contributed by atoms with Crippen molar-refractivity contribution in [3.05, 3.63) is 0 Å². The van der Waals surface area contributed by atoms with Crippen LogP contribution in [0.2, 0.25) is 0 Å². The van der Waals surface area contributed by atoms with E-state index in [1.807, 2.05) is 6.92 Å². The highest BCUT2D eigenvalue weighted by Crippen LogP contribution is 2.16. The number of hydrogen-bond acceptors (Lipinski definition) is 17. The third-order valence-electron chi connectivity index (χ3n) is 12.8. The summed E-state index contributed by atoms with van der Waals surface area (Å²) in [5, 5.41) is 38.9. The van der Waals surface area contributed by atoms with E-state index in [1.165, 1.54) is 51.7 Å². The van der Waals surface area contributed by atoms with E-state index >= 15 is 0 Å². The van der Waals surface area contributed by atoms with Gasteiger partial charge in [0.2, 0.25) is 23.6 Å². The molecule has 0 aliphatic carbocycles. The van der Waals surface area contributed by atoms with Crippen molar-refractivity contribution >= 4 is 63.8 Å². The van der Waals surface area contributed by atoms with Gasteiger partial charge in [-0.2, -0.15) is 0 Å². The van der Waals surface area contributed by atoms with Crippen LogP contribution in [0, 0.1) is 5.92 Å². The first kappa shape index (κ1) is 74.5. The van der Waals surface area contributed by atoms with Crippen LogP contribution in [0.5, 0.6) is 0 Å². The number of carboxylic acid groups (broad SMARTS) is 2. The highest BCUT2D eigenvalue weighted by Gasteiger charge is 2.26. The Hall–Kier alpha value is -4.50. The topological polar surface area (TPSA) is 367 Å². The van der Waals surface area contributed by atoms with E-state index in [0.29, 0.717) is 45.1 Å². The monoisotopic (exact) mass is 1150 g/mol. The minimum atomic E-state index is -1.23. The Morgan fingerprint density at radius 3 is 1.62 bits per heavy atom. The Bertz CT molecular complexity index is 1750. The van der Waals surface area contributed by atoms with Crippen molar-refractivity contribution in [2.75, 3.05) is 84.5 Å². The lowest BCUT2D eigenvalue weighted by Crippen LogP contribution is -2.58. The van der Waals surface area contributed by atoms with Gasteiger partial charge in [-0.3, -0.25) is 53.3 Å². The molecule has 0 rings (SSSR count). The summed E-state index contributed by atoms with van der Waals surface area (Å²) < 4.78 is 33.3. The minimum Gasteiger partial charge on any atom is -0.481 e. The first-order valence-electron chi connectivity index (χ1n) is 28.6. The predicted octanol–water partition coefficient (Wildman–Crippen LogP) is 2.66. The number of nitrogens with two attached hydrogens (primary N) is 1. The summed E-state index contributed by atoms with van der Waals surface area (Å²) in [4.78, 5) is 109. The molecule has 0 saturated heterocycles. The van der Waals surface area contributed by atoms with Crippen LogP contribution in [0.4, 0.5) is 0 Å². The number of aliphatic hydroxyl groups excluding tert-OH is 1.